The molecular formula is C12H9F2N3O. The summed E-state index contributed by atoms with van der Waals surface area (Å²) in [6.07, 6.45) is -1.11. The van der Waals surface area contributed by atoms with E-state index in [1.54, 1.807) is 6.07 Å². The Morgan fingerprint density at radius 3 is 2.78 bits per heavy atom. The van der Waals surface area contributed by atoms with E-state index < -0.39 is 6.43 Å². The number of pyridine rings is 1. The van der Waals surface area contributed by atoms with E-state index in [-0.39, 0.29) is 11.3 Å². The van der Waals surface area contributed by atoms with Gasteiger partial charge in [0.15, 0.2) is 0 Å². The smallest absolute Gasteiger partial charge is 0.263 e. The minimum Gasteiger partial charge on any atom is -0.340 e. The number of hydrogen-bond donors (Lipinski definition) is 1. The van der Waals surface area contributed by atoms with Gasteiger partial charge in [-0.1, -0.05) is 12.1 Å². The van der Waals surface area contributed by atoms with Crippen LogP contribution in [-0.2, 0) is 0 Å². The van der Waals surface area contributed by atoms with Crippen LogP contribution >= 0.6 is 0 Å². The number of nitroso groups, excluding NO2 is 1. The normalized spacial score (nSPS) is 10.4. The van der Waals surface area contributed by atoms with Crippen LogP contribution in [0, 0.1) is 4.91 Å². The van der Waals surface area contributed by atoms with Crippen LogP contribution in [0.15, 0.2) is 47.8 Å². The summed E-state index contributed by atoms with van der Waals surface area (Å²) >= 11 is 0. The lowest BCUT2D eigenvalue weighted by atomic mass is 10.2. The SMILES string of the molecule is O=Nc1ccnc(Nc2cccc(C(F)F)c2)c1. The Balaban J connectivity index is 2.22. The van der Waals surface area contributed by atoms with Crippen molar-refractivity contribution in [2.75, 3.05) is 5.32 Å². The fourth-order valence-corrected chi connectivity index (χ4v) is 1.44. The van der Waals surface area contributed by atoms with Crippen LogP contribution in [0.5, 0.6) is 0 Å². The van der Waals surface area contributed by atoms with Gasteiger partial charge in [-0.05, 0) is 23.4 Å². The molecule has 4 nitrogen and oxygen atoms in total. The van der Waals surface area contributed by atoms with Crippen LogP contribution in [0.3, 0.4) is 0 Å². The maximum absolute atomic E-state index is 12.5. The molecule has 0 aliphatic carbocycles. The number of halogens is 2. The van der Waals surface area contributed by atoms with Crippen LogP contribution in [0.25, 0.3) is 0 Å². The first-order valence-corrected chi connectivity index (χ1v) is 5.13. The molecule has 0 atom stereocenters. The molecule has 18 heavy (non-hydrogen) atoms. The van der Waals surface area contributed by atoms with Crippen molar-refractivity contribution >= 4 is 17.2 Å². The van der Waals surface area contributed by atoms with E-state index in [1.807, 2.05) is 0 Å². The molecule has 2 rings (SSSR count). The highest BCUT2D eigenvalue weighted by molar-refractivity contribution is 5.60. The van der Waals surface area contributed by atoms with Gasteiger partial charge in [-0.25, -0.2) is 13.8 Å². The summed E-state index contributed by atoms with van der Waals surface area (Å²) in [6, 6.07) is 8.70. The number of nitrogens with one attached hydrogen (secondary N) is 1. The van der Waals surface area contributed by atoms with Gasteiger partial charge < -0.3 is 5.32 Å². The minimum absolute atomic E-state index is 0.0790. The molecule has 0 spiro atoms. The van der Waals surface area contributed by atoms with Crippen molar-refractivity contribution in [2.24, 2.45) is 5.18 Å². The summed E-state index contributed by atoms with van der Waals surface area (Å²) < 4.78 is 25.0. The summed E-state index contributed by atoms with van der Waals surface area (Å²) in [5, 5.41) is 5.60. The lowest BCUT2D eigenvalue weighted by Crippen LogP contribution is -1.94. The first-order valence-electron chi connectivity index (χ1n) is 5.13. The third-order valence-corrected chi connectivity index (χ3v) is 2.26. The lowest BCUT2D eigenvalue weighted by molar-refractivity contribution is 0.151. The molecule has 1 heterocycles. The van der Waals surface area contributed by atoms with Crippen molar-refractivity contribution < 1.29 is 8.78 Å². The minimum atomic E-state index is -2.53. The summed E-state index contributed by atoms with van der Waals surface area (Å²) in [5.74, 6) is 0.374. The Labute approximate surface area is 102 Å². The summed E-state index contributed by atoms with van der Waals surface area (Å²) in [5.41, 5.74) is 0.616. The topological polar surface area (TPSA) is 54.4 Å². The van der Waals surface area contributed by atoms with Crippen molar-refractivity contribution in [1.82, 2.24) is 4.98 Å². The van der Waals surface area contributed by atoms with Crippen LogP contribution in [-0.4, -0.2) is 4.98 Å². The van der Waals surface area contributed by atoms with E-state index in [0.29, 0.717) is 11.5 Å². The van der Waals surface area contributed by atoms with E-state index in [1.165, 1.54) is 36.5 Å². The molecular weight excluding hydrogens is 240 g/mol. The number of hydrogen-bond acceptors (Lipinski definition) is 4. The third-order valence-electron chi connectivity index (χ3n) is 2.26. The van der Waals surface area contributed by atoms with Crippen molar-refractivity contribution in [2.45, 2.75) is 6.43 Å². The number of aromatic nitrogens is 1. The van der Waals surface area contributed by atoms with Crippen molar-refractivity contribution in [3.63, 3.8) is 0 Å². The van der Waals surface area contributed by atoms with Gasteiger partial charge in [0.2, 0.25) is 0 Å². The lowest BCUT2D eigenvalue weighted by Gasteiger charge is -2.07. The molecule has 0 radical (unpaired) electrons. The second-order valence-corrected chi connectivity index (χ2v) is 3.54. The average Bonchev–Trinajstić information content (AvgIpc) is 2.39. The molecule has 1 aromatic heterocycles. The highest BCUT2D eigenvalue weighted by atomic mass is 19.3. The molecule has 6 heteroatoms. The molecule has 0 saturated carbocycles. The molecule has 0 unspecified atom stereocenters. The van der Waals surface area contributed by atoms with E-state index >= 15 is 0 Å². The first-order chi connectivity index (χ1) is 8.69. The fourth-order valence-electron chi connectivity index (χ4n) is 1.44. The molecule has 0 bridgehead atoms. The maximum Gasteiger partial charge on any atom is 0.263 e. The van der Waals surface area contributed by atoms with E-state index in [9.17, 15) is 13.7 Å². The Morgan fingerprint density at radius 1 is 1.22 bits per heavy atom. The molecule has 0 fully saturated rings. The van der Waals surface area contributed by atoms with Crippen molar-refractivity contribution in [3.8, 4) is 0 Å². The third kappa shape index (κ3) is 2.85. The molecule has 92 valence electrons. The first kappa shape index (κ1) is 12.1. The molecule has 1 aromatic carbocycles. The van der Waals surface area contributed by atoms with E-state index in [4.69, 9.17) is 0 Å². The Bertz CT molecular complexity index is 561. The summed E-state index contributed by atoms with van der Waals surface area (Å²) in [6.45, 7) is 0. The molecule has 2 aromatic rings. The second kappa shape index (κ2) is 5.31. The number of anilines is 2. The molecule has 0 amide bonds. The second-order valence-electron chi connectivity index (χ2n) is 3.54. The van der Waals surface area contributed by atoms with Crippen LogP contribution in [0.4, 0.5) is 26.0 Å². The molecule has 0 aliphatic rings. The Hall–Kier alpha value is -2.37. The van der Waals surface area contributed by atoms with Crippen LogP contribution in [0.1, 0.15) is 12.0 Å². The van der Waals surface area contributed by atoms with Crippen LogP contribution < -0.4 is 5.32 Å². The average molecular weight is 249 g/mol. The number of benzene rings is 1. The van der Waals surface area contributed by atoms with Gasteiger partial charge in [0, 0.05) is 23.5 Å². The van der Waals surface area contributed by atoms with Crippen LogP contribution in [0.2, 0.25) is 0 Å². The zero-order valence-electron chi connectivity index (χ0n) is 9.18. The van der Waals surface area contributed by atoms with Crippen molar-refractivity contribution in [1.29, 1.82) is 0 Å². The highest BCUT2D eigenvalue weighted by Crippen LogP contribution is 2.24. The van der Waals surface area contributed by atoms with Gasteiger partial charge in [-0.2, -0.15) is 0 Å². The van der Waals surface area contributed by atoms with Crippen molar-refractivity contribution in [3.05, 3.63) is 53.1 Å². The fraction of sp³-hybridized carbons (Fsp3) is 0.0833. The van der Waals surface area contributed by atoms with Gasteiger partial charge >= 0.3 is 0 Å². The molecule has 0 saturated heterocycles. The zero-order chi connectivity index (χ0) is 13.0. The number of rotatable bonds is 4. The largest absolute Gasteiger partial charge is 0.340 e. The van der Waals surface area contributed by atoms with E-state index in [2.05, 4.69) is 15.5 Å². The van der Waals surface area contributed by atoms with Gasteiger partial charge in [0.05, 0.1) is 0 Å². The summed E-state index contributed by atoms with van der Waals surface area (Å²) in [4.78, 5) is 14.3. The number of alkyl halides is 2. The summed E-state index contributed by atoms with van der Waals surface area (Å²) in [7, 11) is 0. The quantitative estimate of drug-likeness (QED) is 0.827. The standard InChI is InChI=1S/C12H9F2N3O/c13-12(14)8-2-1-3-9(6-8)16-11-7-10(17-18)4-5-15-11/h1-7,12H,(H,15,16). The Morgan fingerprint density at radius 2 is 2.06 bits per heavy atom. The Kier molecular flexibility index (Phi) is 3.57. The monoisotopic (exact) mass is 249 g/mol. The van der Waals surface area contributed by atoms with Gasteiger partial charge in [0.25, 0.3) is 6.43 Å². The van der Waals surface area contributed by atoms with Gasteiger partial charge in [0.1, 0.15) is 11.5 Å². The van der Waals surface area contributed by atoms with Gasteiger partial charge in [-0.3, -0.25) is 0 Å². The molecule has 1 N–H and O–H groups in total. The molecule has 0 aliphatic heterocycles. The predicted octanol–water partition coefficient (Wildman–Crippen LogP) is 4.16. The predicted molar refractivity (Wildman–Crippen MR) is 64.4 cm³/mol. The van der Waals surface area contributed by atoms with E-state index in [0.717, 1.165) is 0 Å². The van der Waals surface area contributed by atoms with Gasteiger partial charge in [-0.15, -0.1) is 4.91 Å². The zero-order valence-corrected chi connectivity index (χ0v) is 9.18. The highest BCUT2D eigenvalue weighted by Gasteiger charge is 2.07. The maximum atomic E-state index is 12.5. The number of nitrogens with zero attached hydrogens (tertiary/aromatic N) is 2.